The second kappa shape index (κ2) is 8.55. The van der Waals surface area contributed by atoms with E-state index in [9.17, 15) is 13.2 Å². The molecule has 1 saturated heterocycles. The first-order valence-corrected chi connectivity index (χ1v) is 11.6. The molecule has 0 radical (unpaired) electrons. The molecule has 1 amide bonds. The Balaban J connectivity index is 1.46. The maximum absolute atomic E-state index is 13.0. The number of nitrogens with zero attached hydrogens (tertiary/aromatic N) is 2. The van der Waals surface area contributed by atoms with E-state index in [1.807, 2.05) is 24.0 Å². The number of aryl methyl sites for hydroxylation is 2. The Labute approximate surface area is 182 Å². The van der Waals surface area contributed by atoms with E-state index in [2.05, 4.69) is 10.2 Å². The van der Waals surface area contributed by atoms with Gasteiger partial charge in [-0.3, -0.25) is 9.89 Å². The molecule has 1 unspecified atom stereocenters. The summed E-state index contributed by atoms with van der Waals surface area (Å²) < 4.78 is 30.7. The summed E-state index contributed by atoms with van der Waals surface area (Å²) in [6.07, 6.45) is 3.65. The molecule has 3 aromatic rings. The molecule has 4 rings (SSSR count). The van der Waals surface area contributed by atoms with Crippen LogP contribution in [0.25, 0.3) is 0 Å². The standard InChI is InChI=1S/C23H25N3O4S/c1-16-5-6-17(2)22(14-16)31(28,29)30-20-9-7-18(8-10-20)23(27)26-13-3-4-19(15-26)21-11-12-24-25-21/h5-12,14,19H,3-4,13,15H2,1-2H3,(H,24,25). The normalized spacial score (nSPS) is 16.8. The van der Waals surface area contributed by atoms with Gasteiger partial charge in [0.2, 0.25) is 0 Å². The number of aromatic nitrogens is 2. The molecule has 0 saturated carbocycles. The fraction of sp³-hybridized carbons (Fsp3) is 0.304. The molecular formula is C23H25N3O4S. The predicted octanol–water partition coefficient (Wildman–Crippen LogP) is 3.81. The monoisotopic (exact) mass is 439 g/mol. The van der Waals surface area contributed by atoms with Gasteiger partial charge in [0.15, 0.2) is 0 Å². The van der Waals surface area contributed by atoms with Crippen molar-refractivity contribution in [1.29, 1.82) is 0 Å². The Morgan fingerprint density at radius 2 is 1.90 bits per heavy atom. The van der Waals surface area contributed by atoms with Crippen molar-refractivity contribution in [3.63, 3.8) is 0 Å². The van der Waals surface area contributed by atoms with Crippen LogP contribution in [0.3, 0.4) is 0 Å². The van der Waals surface area contributed by atoms with E-state index in [1.165, 1.54) is 12.1 Å². The molecule has 7 nitrogen and oxygen atoms in total. The van der Waals surface area contributed by atoms with Crippen molar-refractivity contribution in [2.24, 2.45) is 0 Å². The first kappa shape index (κ1) is 21.1. The minimum atomic E-state index is -3.96. The van der Waals surface area contributed by atoms with Gasteiger partial charge in [-0.05, 0) is 74.2 Å². The second-order valence-corrected chi connectivity index (χ2v) is 9.45. The van der Waals surface area contributed by atoms with Crippen LogP contribution in [0.2, 0.25) is 0 Å². The Morgan fingerprint density at radius 1 is 1.13 bits per heavy atom. The number of hydrogen-bond acceptors (Lipinski definition) is 5. The number of carbonyl (C=O) groups excluding carboxylic acids is 1. The third kappa shape index (κ3) is 4.64. The van der Waals surface area contributed by atoms with Crippen molar-refractivity contribution in [3.05, 3.63) is 77.1 Å². The predicted molar refractivity (Wildman–Crippen MR) is 117 cm³/mol. The van der Waals surface area contributed by atoms with Gasteiger partial charge < -0.3 is 9.08 Å². The van der Waals surface area contributed by atoms with Crippen LogP contribution < -0.4 is 4.18 Å². The maximum atomic E-state index is 13.0. The number of amides is 1. The van der Waals surface area contributed by atoms with Crippen molar-refractivity contribution in [2.75, 3.05) is 13.1 Å². The zero-order valence-electron chi connectivity index (χ0n) is 17.5. The highest BCUT2D eigenvalue weighted by molar-refractivity contribution is 7.87. The summed E-state index contributed by atoms with van der Waals surface area (Å²) in [4.78, 5) is 14.9. The number of aromatic amines is 1. The fourth-order valence-corrected chi connectivity index (χ4v) is 5.14. The van der Waals surface area contributed by atoms with Crippen molar-refractivity contribution < 1.29 is 17.4 Å². The Kier molecular flexibility index (Phi) is 5.82. The number of nitrogens with one attached hydrogen (secondary N) is 1. The van der Waals surface area contributed by atoms with E-state index in [1.54, 1.807) is 37.4 Å². The molecule has 31 heavy (non-hydrogen) atoms. The quantitative estimate of drug-likeness (QED) is 0.610. The molecular weight excluding hydrogens is 414 g/mol. The van der Waals surface area contributed by atoms with Crippen LogP contribution in [-0.2, 0) is 10.1 Å². The summed E-state index contributed by atoms with van der Waals surface area (Å²) in [5, 5.41) is 7.00. The van der Waals surface area contributed by atoms with Crippen LogP contribution in [0.1, 0.15) is 45.9 Å². The topological polar surface area (TPSA) is 92.4 Å². The van der Waals surface area contributed by atoms with Gasteiger partial charge in [0, 0.05) is 36.5 Å². The maximum Gasteiger partial charge on any atom is 0.339 e. The Morgan fingerprint density at radius 3 is 2.61 bits per heavy atom. The number of carbonyl (C=O) groups is 1. The lowest BCUT2D eigenvalue weighted by atomic mass is 9.94. The SMILES string of the molecule is Cc1ccc(C)c(S(=O)(=O)Oc2ccc(C(=O)N3CCCC(c4ccn[nH]4)C3)cc2)c1. The number of H-pyrrole nitrogens is 1. The molecule has 1 aliphatic rings. The van der Waals surface area contributed by atoms with Crippen LogP contribution in [0.4, 0.5) is 0 Å². The lowest BCUT2D eigenvalue weighted by Gasteiger charge is -2.32. The summed E-state index contributed by atoms with van der Waals surface area (Å²) in [6.45, 7) is 4.88. The first-order valence-electron chi connectivity index (χ1n) is 10.2. The molecule has 0 bridgehead atoms. The lowest BCUT2D eigenvalue weighted by molar-refractivity contribution is 0.0706. The molecule has 2 aromatic carbocycles. The van der Waals surface area contributed by atoms with Gasteiger partial charge in [-0.25, -0.2) is 0 Å². The van der Waals surface area contributed by atoms with Crippen molar-refractivity contribution in [3.8, 4) is 5.75 Å². The van der Waals surface area contributed by atoms with Gasteiger partial charge in [-0.2, -0.15) is 13.5 Å². The van der Waals surface area contributed by atoms with Gasteiger partial charge >= 0.3 is 10.1 Å². The van der Waals surface area contributed by atoms with E-state index in [0.29, 0.717) is 24.2 Å². The third-order valence-electron chi connectivity index (χ3n) is 5.59. The second-order valence-electron chi connectivity index (χ2n) is 7.93. The first-order chi connectivity index (χ1) is 14.8. The molecule has 1 aromatic heterocycles. The molecule has 162 valence electrons. The zero-order valence-corrected chi connectivity index (χ0v) is 18.4. The molecule has 1 atom stereocenters. The molecule has 1 N–H and O–H groups in total. The summed E-state index contributed by atoms with van der Waals surface area (Å²) in [7, 11) is -3.96. The highest BCUT2D eigenvalue weighted by Crippen LogP contribution is 2.27. The van der Waals surface area contributed by atoms with Crippen molar-refractivity contribution in [1.82, 2.24) is 15.1 Å². The summed E-state index contributed by atoms with van der Waals surface area (Å²) in [6, 6.07) is 13.4. The number of rotatable bonds is 5. The third-order valence-corrected chi connectivity index (χ3v) is 6.98. The van der Waals surface area contributed by atoms with Gasteiger partial charge in [0.25, 0.3) is 5.91 Å². The van der Waals surface area contributed by atoms with Crippen molar-refractivity contribution >= 4 is 16.0 Å². The van der Waals surface area contributed by atoms with Gasteiger partial charge in [-0.15, -0.1) is 0 Å². The molecule has 0 spiro atoms. The van der Waals surface area contributed by atoms with Crippen LogP contribution in [0.5, 0.6) is 5.75 Å². The average molecular weight is 440 g/mol. The Hall–Kier alpha value is -3.13. The van der Waals surface area contributed by atoms with Crippen LogP contribution >= 0.6 is 0 Å². The largest absolute Gasteiger partial charge is 0.379 e. The van der Waals surface area contributed by atoms with E-state index in [-0.39, 0.29) is 22.5 Å². The molecule has 2 heterocycles. The van der Waals surface area contributed by atoms with Gasteiger partial charge in [-0.1, -0.05) is 12.1 Å². The number of hydrogen-bond donors (Lipinski definition) is 1. The highest BCUT2D eigenvalue weighted by Gasteiger charge is 2.26. The molecule has 0 aliphatic carbocycles. The van der Waals surface area contributed by atoms with Crippen LogP contribution in [-0.4, -0.2) is 42.5 Å². The fourth-order valence-electron chi connectivity index (χ4n) is 3.89. The summed E-state index contributed by atoms with van der Waals surface area (Å²) in [5.74, 6) is 0.338. The number of benzene rings is 2. The van der Waals surface area contributed by atoms with E-state index < -0.39 is 10.1 Å². The van der Waals surface area contributed by atoms with E-state index in [4.69, 9.17) is 4.18 Å². The van der Waals surface area contributed by atoms with Crippen LogP contribution in [0.15, 0.2) is 59.6 Å². The molecule has 1 fully saturated rings. The van der Waals surface area contributed by atoms with Crippen LogP contribution in [0, 0.1) is 13.8 Å². The zero-order chi connectivity index (χ0) is 22.0. The smallest absolute Gasteiger partial charge is 0.339 e. The minimum Gasteiger partial charge on any atom is -0.379 e. The van der Waals surface area contributed by atoms with Crippen molar-refractivity contribution in [2.45, 2.75) is 37.5 Å². The number of piperidine rings is 1. The molecule has 8 heteroatoms. The van der Waals surface area contributed by atoms with Gasteiger partial charge in [0.05, 0.1) is 0 Å². The van der Waals surface area contributed by atoms with E-state index in [0.717, 1.165) is 24.1 Å². The Bertz CT molecular complexity index is 1170. The number of likely N-dealkylation sites (tertiary alicyclic amines) is 1. The summed E-state index contributed by atoms with van der Waals surface area (Å²) >= 11 is 0. The summed E-state index contributed by atoms with van der Waals surface area (Å²) in [5.41, 5.74) is 3.00. The van der Waals surface area contributed by atoms with E-state index >= 15 is 0 Å². The highest BCUT2D eigenvalue weighted by atomic mass is 32.2. The average Bonchev–Trinajstić information content (AvgIpc) is 3.30. The minimum absolute atomic E-state index is 0.0758. The van der Waals surface area contributed by atoms with Gasteiger partial charge in [0.1, 0.15) is 10.6 Å². The lowest BCUT2D eigenvalue weighted by Crippen LogP contribution is -2.39. The molecule has 1 aliphatic heterocycles.